The molecule has 6 heteroatoms. The van der Waals surface area contributed by atoms with Crippen molar-refractivity contribution >= 4 is 23.7 Å². The molecule has 2 heterocycles. The number of rotatable bonds is 4. The van der Waals surface area contributed by atoms with Crippen molar-refractivity contribution in [3.05, 3.63) is 76.5 Å². The Morgan fingerprint density at radius 3 is 2.79 bits per heavy atom. The van der Waals surface area contributed by atoms with E-state index >= 15 is 0 Å². The summed E-state index contributed by atoms with van der Waals surface area (Å²) in [6.07, 6.45) is 3.06. The van der Waals surface area contributed by atoms with Gasteiger partial charge in [-0.05, 0) is 50.2 Å². The lowest BCUT2D eigenvalue weighted by Crippen LogP contribution is -2.16. The van der Waals surface area contributed by atoms with Crippen LogP contribution in [0.5, 0.6) is 0 Å². The summed E-state index contributed by atoms with van der Waals surface area (Å²) in [5.74, 6) is -0.170. The van der Waals surface area contributed by atoms with Gasteiger partial charge in [0.25, 0.3) is 0 Å². The molecular formula is C18H16ClN3O2. The van der Waals surface area contributed by atoms with E-state index in [0.717, 1.165) is 22.6 Å². The fourth-order valence-corrected chi connectivity index (χ4v) is 2.74. The first-order valence-corrected chi connectivity index (χ1v) is 7.76. The first kappa shape index (κ1) is 16.1. The van der Waals surface area contributed by atoms with Crippen LogP contribution in [0.25, 0.3) is 5.69 Å². The van der Waals surface area contributed by atoms with Crippen LogP contribution in [0.3, 0.4) is 0 Å². The normalized spacial score (nSPS) is 11.1. The van der Waals surface area contributed by atoms with Gasteiger partial charge in [-0.3, -0.25) is 4.79 Å². The molecule has 0 spiro atoms. The number of carbonyl (C=O) groups excluding carboxylic acids is 1. The van der Waals surface area contributed by atoms with Crippen LogP contribution in [-0.2, 0) is 0 Å². The number of nitrogens with one attached hydrogen (secondary N) is 1. The molecule has 5 nitrogen and oxygen atoms in total. The van der Waals surface area contributed by atoms with Crippen LogP contribution in [0.4, 0.5) is 0 Å². The lowest BCUT2D eigenvalue weighted by Gasteiger charge is -2.09. The Bertz CT molecular complexity index is 895. The SMILES string of the molecule is Cc1cc(/C=N/NC(=O)c2ccco2)c(C)n1-c1cccc(Cl)c1. The minimum absolute atomic E-state index is 0.219. The molecule has 1 amide bonds. The average Bonchev–Trinajstić information content (AvgIpc) is 3.16. The number of carbonyl (C=O) groups is 1. The number of amides is 1. The van der Waals surface area contributed by atoms with Crippen molar-refractivity contribution in [3.63, 3.8) is 0 Å². The maximum Gasteiger partial charge on any atom is 0.307 e. The van der Waals surface area contributed by atoms with Gasteiger partial charge in [0.2, 0.25) is 0 Å². The van der Waals surface area contributed by atoms with Crippen molar-refractivity contribution in [2.75, 3.05) is 0 Å². The van der Waals surface area contributed by atoms with Gasteiger partial charge in [-0.2, -0.15) is 5.10 Å². The molecule has 0 unspecified atom stereocenters. The number of benzene rings is 1. The van der Waals surface area contributed by atoms with Gasteiger partial charge in [-0.15, -0.1) is 0 Å². The molecule has 1 aromatic carbocycles. The van der Waals surface area contributed by atoms with E-state index in [1.807, 2.05) is 44.2 Å². The summed E-state index contributed by atoms with van der Waals surface area (Å²) in [7, 11) is 0. The van der Waals surface area contributed by atoms with Gasteiger partial charge in [-0.1, -0.05) is 17.7 Å². The van der Waals surface area contributed by atoms with Gasteiger partial charge in [0.05, 0.1) is 12.5 Å². The molecule has 0 aliphatic heterocycles. The number of hydrogen-bond acceptors (Lipinski definition) is 3. The van der Waals surface area contributed by atoms with Crippen molar-refractivity contribution in [3.8, 4) is 5.69 Å². The maximum absolute atomic E-state index is 11.8. The summed E-state index contributed by atoms with van der Waals surface area (Å²) in [6.45, 7) is 4.00. The minimum Gasteiger partial charge on any atom is -0.459 e. The molecule has 0 saturated carbocycles. The first-order chi connectivity index (χ1) is 11.6. The van der Waals surface area contributed by atoms with E-state index in [0.29, 0.717) is 5.02 Å². The van der Waals surface area contributed by atoms with Gasteiger partial charge in [0.15, 0.2) is 5.76 Å². The van der Waals surface area contributed by atoms with Gasteiger partial charge in [0, 0.05) is 27.7 Å². The third-order valence-electron chi connectivity index (χ3n) is 3.65. The van der Waals surface area contributed by atoms with E-state index < -0.39 is 0 Å². The molecule has 0 aliphatic rings. The Morgan fingerprint density at radius 1 is 1.25 bits per heavy atom. The number of nitrogens with zero attached hydrogens (tertiary/aromatic N) is 2. The molecule has 24 heavy (non-hydrogen) atoms. The topological polar surface area (TPSA) is 59.5 Å². The van der Waals surface area contributed by atoms with Crippen LogP contribution in [-0.4, -0.2) is 16.7 Å². The van der Waals surface area contributed by atoms with E-state index in [-0.39, 0.29) is 11.7 Å². The van der Waals surface area contributed by atoms with Crippen LogP contribution in [0.1, 0.15) is 27.5 Å². The first-order valence-electron chi connectivity index (χ1n) is 7.38. The number of hydrazone groups is 1. The van der Waals surface area contributed by atoms with Crippen LogP contribution in [0.2, 0.25) is 5.02 Å². The largest absolute Gasteiger partial charge is 0.459 e. The zero-order chi connectivity index (χ0) is 17.1. The molecular weight excluding hydrogens is 326 g/mol. The molecule has 0 saturated heterocycles. The van der Waals surface area contributed by atoms with Crippen molar-refractivity contribution < 1.29 is 9.21 Å². The molecule has 0 aliphatic carbocycles. The number of aryl methyl sites for hydroxylation is 1. The predicted molar refractivity (Wildman–Crippen MR) is 94.0 cm³/mol. The van der Waals surface area contributed by atoms with Gasteiger partial charge in [0.1, 0.15) is 0 Å². The van der Waals surface area contributed by atoms with E-state index in [4.69, 9.17) is 16.0 Å². The number of aromatic nitrogens is 1. The fraction of sp³-hybridized carbons (Fsp3) is 0.111. The lowest BCUT2D eigenvalue weighted by molar-refractivity contribution is 0.0927. The van der Waals surface area contributed by atoms with E-state index in [1.54, 1.807) is 18.3 Å². The second-order valence-corrected chi connectivity index (χ2v) is 5.75. The highest BCUT2D eigenvalue weighted by Gasteiger charge is 2.10. The smallest absolute Gasteiger partial charge is 0.307 e. The molecule has 0 bridgehead atoms. The van der Waals surface area contributed by atoms with E-state index in [2.05, 4.69) is 15.1 Å². The maximum atomic E-state index is 11.8. The third kappa shape index (κ3) is 3.26. The fourth-order valence-electron chi connectivity index (χ4n) is 2.55. The van der Waals surface area contributed by atoms with E-state index in [1.165, 1.54) is 6.26 Å². The summed E-state index contributed by atoms with van der Waals surface area (Å²) >= 11 is 6.08. The zero-order valence-electron chi connectivity index (χ0n) is 13.3. The second kappa shape index (κ2) is 6.76. The number of furan rings is 1. The summed E-state index contributed by atoms with van der Waals surface area (Å²) in [6, 6.07) is 12.9. The highest BCUT2D eigenvalue weighted by Crippen LogP contribution is 2.22. The minimum atomic E-state index is -0.389. The number of hydrogen-bond donors (Lipinski definition) is 1. The third-order valence-corrected chi connectivity index (χ3v) is 3.89. The molecule has 2 aromatic heterocycles. The summed E-state index contributed by atoms with van der Waals surface area (Å²) in [5.41, 5.74) is 6.39. The summed E-state index contributed by atoms with van der Waals surface area (Å²) in [5, 5.41) is 4.68. The second-order valence-electron chi connectivity index (χ2n) is 5.32. The standard InChI is InChI=1S/C18H16ClN3O2/c1-12-9-14(11-20-21-18(23)17-7-4-8-24-17)13(2)22(12)16-6-3-5-15(19)10-16/h3-11H,1-2H3,(H,21,23)/b20-11+. The van der Waals surface area contributed by atoms with Crippen molar-refractivity contribution in [1.29, 1.82) is 0 Å². The molecule has 1 N–H and O–H groups in total. The monoisotopic (exact) mass is 341 g/mol. The Balaban J connectivity index is 1.81. The van der Waals surface area contributed by atoms with Gasteiger partial charge in [-0.25, -0.2) is 5.43 Å². The zero-order valence-corrected chi connectivity index (χ0v) is 14.0. The van der Waals surface area contributed by atoms with E-state index in [9.17, 15) is 4.79 Å². The van der Waals surface area contributed by atoms with Crippen LogP contribution < -0.4 is 5.43 Å². The number of halogens is 1. The van der Waals surface area contributed by atoms with Gasteiger partial charge < -0.3 is 8.98 Å². The quantitative estimate of drug-likeness (QED) is 0.573. The van der Waals surface area contributed by atoms with Crippen molar-refractivity contribution in [2.24, 2.45) is 5.10 Å². The molecule has 0 radical (unpaired) electrons. The highest BCUT2D eigenvalue weighted by atomic mass is 35.5. The highest BCUT2D eigenvalue weighted by molar-refractivity contribution is 6.30. The Hall–Kier alpha value is -2.79. The summed E-state index contributed by atoms with van der Waals surface area (Å²) in [4.78, 5) is 11.8. The van der Waals surface area contributed by atoms with Crippen LogP contribution in [0.15, 0.2) is 58.2 Å². The Kier molecular flexibility index (Phi) is 4.53. The van der Waals surface area contributed by atoms with Crippen molar-refractivity contribution in [1.82, 2.24) is 9.99 Å². The predicted octanol–water partition coefficient (Wildman–Crippen LogP) is 4.10. The molecule has 3 aromatic rings. The lowest BCUT2D eigenvalue weighted by atomic mass is 10.2. The molecule has 3 rings (SSSR count). The Labute approximate surface area is 144 Å². The van der Waals surface area contributed by atoms with Crippen LogP contribution >= 0.6 is 11.6 Å². The average molecular weight is 342 g/mol. The Morgan fingerprint density at radius 2 is 2.08 bits per heavy atom. The van der Waals surface area contributed by atoms with Crippen molar-refractivity contribution in [2.45, 2.75) is 13.8 Å². The molecule has 0 fully saturated rings. The molecule has 122 valence electrons. The summed E-state index contributed by atoms with van der Waals surface area (Å²) < 4.78 is 7.10. The molecule has 0 atom stereocenters. The van der Waals surface area contributed by atoms with Crippen LogP contribution in [0, 0.1) is 13.8 Å². The van der Waals surface area contributed by atoms with Gasteiger partial charge >= 0.3 is 5.91 Å².